The monoisotopic (exact) mass is 446 g/mol. The van der Waals surface area contributed by atoms with E-state index in [2.05, 4.69) is 45.6 Å². The number of fused-ring (bicyclic) bond motifs is 1. The number of rotatable bonds is 7. The van der Waals surface area contributed by atoms with Crippen molar-refractivity contribution >= 4 is 11.9 Å². The Balaban J connectivity index is 1.76. The lowest BCUT2D eigenvalue weighted by molar-refractivity contribution is -0.158. The van der Waals surface area contributed by atoms with Crippen LogP contribution in [-0.2, 0) is 26.3 Å². The summed E-state index contributed by atoms with van der Waals surface area (Å²) in [6.45, 7) is 13.8. The highest BCUT2D eigenvalue weighted by atomic mass is 16.5. The maximum absolute atomic E-state index is 12.5. The van der Waals surface area contributed by atoms with Crippen molar-refractivity contribution in [2.24, 2.45) is 5.92 Å². The Labute approximate surface area is 191 Å². The van der Waals surface area contributed by atoms with Crippen molar-refractivity contribution in [3.05, 3.63) is 29.3 Å². The molecule has 0 aliphatic carbocycles. The van der Waals surface area contributed by atoms with Crippen molar-refractivity contribution < 1.29 is 24.2 Å². The molecule has 2 fully saturated rings. The second kappa shape index (κ2) is 10.2. The first kappa shape index (κ1) is 24.5. The minimum Gasteiger partial charge on any atom is -0.482 e. The molecule has 3 rings (SSSR count). The van der Waals surface area contributed by atoms with Crippen LogP contribution in [-0.4, -0.2) is 71.8 Å². The first-order valence-corrected chi connectivity index (χ1v) is 11.7. The van der Waals surface area contributed by atoms with Crippen LogP contribution in [0.4, 0.5) is 0 Å². The van der Waals surface area contributed by atoms with Gasteiger partial charge in [-0.1, -0.05) is 46.8 Å². The average Bonchev–Trinajstić information content (AvgIpc) is 2.90. The third-order valence-corrected chi connectivity index (χ3v) is 6.28. The van der Waals surface area contributed by atoms with Gasteiger partial charge in [-0.25, -0.2) is 4.79 Å². The summed E-state index contributed by atoms with van der Waals surface area (Å²) in [7, 11) is 0. The Hall–Kier alpha value is -2.12. The molecule has 1 N–H and O–H groups in total. The SMILES string of the molecule is CC(C)CN1C(=O)CO[C@H]2CCN(Cc3cc(C(C)(C)C)ccc3OCC(=O)O)CC[C@@H]21. The Morgan fingerprint density at radius 3 is 2.62 bits per heavy atom. The molecule has 1 aromatic rings. The molecule has 1 amide bonds. The van der Waals surface area contributed by atoms with Gasteiger partial charge in [0.2, 0.25) is 5.91 Å². The largest absolute Gasteiger partial charge is 0.482 e. The van der Waals surface area contributed by atoms with Gasteiger partial charge in [-0.05, 0) is 35.8 Å². The molecule has 2 atom stereocenters. The second-order valence-electron chi connectivity index (χ2n) is 10.5. The number of aliphatic carboxylic acids is 1. The molecule has 0 spiro atoms. The molecule has 178 valence electrons. The fraction of sp³-hybridized carbons (Fsp3) is 0.680. The van der Waals surface area contributed by atoms with E-state index in [9.17, 15) is 9.59 Å². The van der Waals surface area contributed by atoms with E-state index in [1.165, 1.54) is 5.56 Å². The van der Waals surface area contributed by atoms with E-state index in [1.54, 1.807) is 0 Å². The fourth-order valence-corrected chi connectivity index (χ4v) is 4.59. The number of ether oxygens (including phenoxy) is 2. The van der Waals surface area contributed by atoms with E-state index in [0.29, 0.717) is 18.2 Å². The van der Waals surface area contributed by atoms with Crippen LogP contribution >= 0.6 is 0 Å². The van der Waals surface area contributed by atoms with E-state index < -0.39 is 5.97 Å². The molecule has 0 saturated carbocycles. The van der Waals surface area contributed by atoms with E-state index >= 15 is 0 Å². The maximum atomic E-state index is 12.5. The zero-order chi connectivity index (χ0) is 23.5. The van der Waals surface area contributed by atoms with Crippen LogP contribution in [0.1, 0.15) is 58.6 Å². The van der Waals surface area contributed by atoms with Crippen molar-refractivity contribution in [1.29, 1.82) is 0 Å². The first-order chi connectivity index (χ1) is 15.0. The summed E-state index contributed by atoms with van der Waals surface area (Å²) in [4.78, 5) is 27.9. The number of nitrogens with zero attached hydrogens (tertiary/aromatic N) is 2. The summed E-state index contributed by atoms with van der Waals surface area (Å²) in [6, 6.07) is 6.16. The van der Waals surface area contributed by atoms with Crippen LogP contribution in [0.3, 0.4) is 0 Å². The predicted molar refractivity (Wildman–Crippen MR) is 123 cm³/mol. The lowest BCUT2D eigenvalue weighted by atomic mass is 9.86. The molecule has 0 unspecified atom stereocenters. The molecule has 1 aromatic carbocycles. The molecule has 7 heteroatoms. The van der Waals surface area contributed by atoms with Gasteiger partial charge in [-0.2, -0.15) is 0 Å². The third-order valence-electron chi connectivity index (χ3n) is 6.28. The number of carbonyl (C=O) groups is 2. The minimum atomic E-state index is -0.984. The van der Waals surface area contributed by atoms with Crippen LogP contribution in [0.2, 0.25) is 0 Å². The first-order valence-electron chi connectivity index (χ1n) is 11.7. The van der Waals surface area contributed by atoms with Crippen molar-refractivity contribution in [2.75, 3.05) is 32.8 Å². The highest BCUT2D eigenvalue weighted by Crippen LogP contribution is 2.31. The minimum absolute atomic E-state index is 0.0145. The molecule has 0 radical (unpaired) electrons. The van der Waals surface area contributed by atoms with E-state index in [0.717, 1.165) is 38.0 Å². The maximum Gasteiger partial charge on any atom is 0.341 e. The number of carboxylic acids is 1. The van der Waals surface area contributed by atoms with Gasteiger partial charge in [0.15, 0.2) is 6.61 Å². The van der Waals surface area contributed by atoms with E-state index in [1.807, 2.05) is 17.0 Å². The molecule has 32 heavy (non-hydrogen) atoms. The van der Waals surface area contributed by atoms with Crippen LogP contribution in [0.15, 0.2) is 18.2 Å². The van der Waals surface area contributed by atoms with Gasteiger partial charge in [0.25, 0.3) is 0 Å². The molecule has 2 aliphatic heterocycles. The fourth-order valence-electron chi connectivity index (χ4n) is 4.59. The smallest absolute Gasteiger partial charge is 0.341 e. The van der Waals surface area contributed by atoms with E-state index in [-0.39, 0.29) is 36.7 Å². The van der Waals surface area contributed by atoms with Crippen molar-refractivity contribution in [3.8, 4) is 5.75 Å². The molecule has 2 heterocycles. The number of carboxylic acid groups (broad SMARTS) is 1. The summed E-state index contributed by atoms with van der Waals surface area (Å²) in [6.07, 6.45) is 1.81. The Kier molecular flexibility index (Phi) is 7.83. The number of amides is 1. The Morgan fingerprint density at radius 1 is 1.25 bits per heavy atom. The molecule has 2 saturated heterocycles. The van der Waals surface area contributed by atoms with Gasteiger partial charge in [-0.3, -0.25) is 9.69 Å². The van der Waals surface area contributed by atoms with Gasteiger partial charge in [0.1, 0.15) is 12.4 Å². The number of benzene rings is 1. The lowest BCUT2D eigenvalue weighted by Gasteiger charge is -2.41. The topological polar surface area (TPSA) is 79.3 Å². The molecular weight excluding hydrogens is 408 g/mol. The summed E-state index contributed by atoms with van der Waals surface area (Å²) in [5.41, 5.74) is 2.18. The van der Waals surface area contributed by atoms with E-state index in [4.69, 9.17) is 14.6 Å². The van der Waals surface area contributed by atoms with Crippen molar-refractivity contribution in [3.63, 3.8) is 0 Å². The van der Waals surface area contributed by atoms with Gasteiger partial charge < -0.3 is 19.5 Å². The van der Waals surface area contributed by atoms with Gasteiger partial charge in [0.05, 0.1) is 12.1 Å². The summed E-state index contributed by atoms with van der Waals surface area (Å²) < 4.78 is 11.5. The van der Waals surface area contributed by atoms with Crippen LogP contribution in [0, 0.1) is 5.92 Å². The number of carbonyl (C=O) groups excluding carboxylic acids is 1. The van der Waals surface area contributed by atoms with Gasteiger partial charge in [-0.15, -0.1) is 0 Å². The molecule has 7 nitrogen and oxygen atoms in total. The normalized spacial score (nSPS) is 22.6. The van der Waals surface area contributed by atoms with Crippen molar-refractivity contribution in [2.45, 2.75) is 71.6 Å². The Morgan fingerprint density at radius 2 is 1.97 bits per heavy atom. The number of likely N-dealkylation sites (tertiary alicyclic amines) is 1. The Bertz CT molecular complexity index is 817. The number of hydrogen-bond donors (Lipinski definition) is 1. The quantitative estimate of drug-likeness (QED) is 0.692. The zero-order valence-corrected chi connectivity index (χ0v) is 20.1. The van der Waals surface area contributed by atoms with Gasteiger partial charge in [0, 0.05) is 31.7 Å². The molecule has 2 aliphatic rings. The second-order valence-corrected chi connectivity index (χ2v) is 10.5. The molecule has 0 aromatic heterocycles. The summed E-state index contributed by atoms with van der Waals surface area (Å²) in [5, 5.41) is 9.05. The van der Waals surface area contributed by atoms with Gasteiger partial charge >= 0.3 is 5.97 Å². The molecular formula is C25H38N2O5. The van der Waals surface area contributed by atoms with Crippen LogP contribution in [0.25, 0.3) is 0 Å². The number of morpholine rings is 1. The van der Waals surface area contributed by atoms with Crippen molar-refractivity contribution in [1.82, 2.24) is 9.80 Å². The summed E-state index contributed by atoms with van der Waals surface area (Å²) in [5.74, 6) is 0.151. The average molecular weight is 447 g/mol. The highest BCUT2D eigenvalue weighted by Gasteiger charge is 2.38. The third kappa shape index (κ3) is 6.23. The molecule has 0 bridgehead atoms. The predicted octanol–water partition coefficient (Wildman–Crippen LogP) is 3.30. The summed E-state index contributed by atoms with van der Waals surface area (Å²) >= 11 is 0. The zero-order valence-electron chi connectivity index (χ0n) is 20.1. The standard InChI is InChI=1S/C25H38N2O5/c1-17(2)13-27-20-8-10-26(11-9-22(20)31-15-23(27)28)14-18-12-19(25(3,4)5)6-7-21(18)32-16-24(29)30/h6-7,12,17,20,22H,8-11,13-16H2,1-5H3,(H,29,30)/t20-,22-/m0/s1. The number of hydrogen-bond acceptors (Lipinski definition) is 5. The van der Waals surface area contributed by atoms with Crippen LogP contribution in [0.5, 0.6) is 5.75 Å². The van der Waals surface area contributed by atoms with Crippen LogP contribution < -0.4 is 4.74 Å². The lowest BCUT2D eigenvalue weighted by Crippen LogP contribution is -2.55. The highest BCUT2D eigenvalue weighted by molar-refractivity contribution is 5.78.